The van der Waals surface area contributed by atoms with Gasteiger partial charge in [-0.1, -0.05) is 48.0 Å². The molecule has 0 aliphatic carbocycles. The molecule has 2 nitrogen and oxygen atoms in total. The molecule has 110 valence electrons. The molecule has 0 fully saturated rings. The number of aromatic nitrogens is 1. The Morgan fingerprint density at radius 1 is 0.682 bits per heavy atom. The Kier molecular flexibility index (Phi) is 3.92. The van der Waals surface area contributed by atoms with Crippen molar-refractivity contribution in [2.45, 2.75) is 6.92 Å². The quantitative estimate of drug-likeness (QED) is 0.689. The topological polar surface area (TPSA) is 16.1 Å². The Balaban J connectivity index is 1.95. The molecule has 0 unspecified atom stereocenters. The summed E-state index contributed by atoms with van der Waals surface area (Å²) < 4.78 is 0. The average molecular weight is 288 g/mol. The van der Waals surface area contributed by atoms with Crippen LogP contribution in [0.3, 0.4) is 0 Å². The van der Waals surface area contributed by atoms with E-state index in [1.54, 1.807) is 0 Å². The van der Waals surface area contributed by atoms with Gasteiger partial charge in [0.05, 0.1) is 11.4 Å². The maximum Gasteiger partial charge on any atom is 0.0709 e. The van der Waals surface area contributed by atoms with Crippen LogP contribution in [-0.2, 0) is 0 Å². The predicted molar refractivity (Wildman–Crippen MR) is 94.2 cm³/mol. The van der Waals surface area contributed by atoms with Crippen molar-refractivity contribution < 1.29 is 0 Å². The molecule has 0 saturated heterocycles. The summed E-state index contributed by atoms with van der Waals surface area (Å²) in [7, 11) is 4.09. The molecule has 1 aromatic heterocycles. The molecule has 0 atom stereocenters. The summed E-state index contributed by atoms with van der Waals surface area (Å²) in [5.74, 6) is 0. The molecule has 0 bridgehead atoms. The van der Waals surface area contributed by atoms with E-state index in [4.69, 9.17) is 4.98 Å². The molecule has 0 aliphatic rings. The van der Waals surface area contributed by atoms with Crippen LogP contribution in [0, 0.1) is 6.92 Å². The molecule has 22 heavy (non-hydrogen) atoms. The highest BCUT2D eigenvalue weighted by molar-refractivity contribution is 5.67. The molecule has 0 saturated carbocycles. The zero-order valence-corrected chi connectivity index (χ0v) is 13.2. The molecule has 0 N–H and O–H groups in total. The molecule has 0 aliphatic heterocycles. The SMILES string of the molecule is Cc1ccc(-c2cccc(-c3ccc(N(C)C)cc3)n2)cc1. The van der Waals surface area contributed by atoms with Crippen molar-refractivity contribution in [3.8, 4) is 22.5 Å². The number of nitrogens with zero attached hydrogens (tertiary/aromatic N) is 2. The number of hydrogen-bond acceptors (Lipinski definition) is 2. The van der Waals surface area contributed by atoms with Crippen LogP contribution in [0.15, 0.2) is 66.7 Å². The molecular formula is C20H20N2. The number of benzene rings is 2. The predicted octanol–water partition coefficient (Wildman–Crippen LogP) is 4.79. The summed E-state index contributed by atoms with van der Waals surface area (Å²) in [6.07, 6.45) is 0. The van der Waals surface area contributed by atoms with Gasteiger partial charge in [0, 0.05) is 30.9 Å². The first-order valence-corrected chi connectivity index (χ1v) is 7.45. The second-order valence-corrected chi connectivity index (χ2v) is 5.72. The van der Waals surface area contributed by atoms with Gasteiger partial charge in [0.15, 0.2) is 0 Å². The third kappa shape index (κ3) is 3.01. The summed E-state index contributed by atoms with van der Waals surface area (Å²) in [4.78, 5) is 6.90. The van der Waals surface area contributed by atoms with E-state index in [-0.39, 0.29) is 0 Å². The smallest absolute Gasteiger partial charge is 0.0709 e. The third-order valence-corrected chi connectivity index (χ3v) is 3.78. The van der Waals surface area contributed by atoms with Crippen molar-refractivity contribution in [1.29, 1.82) is 0 Å². The minimum Gasteiger partial charge on any atom is -0.378 e. The van der Waals surface area contributed by atoms with E-state index in [0.717, 1.165) is 22.5 Å². The van der Waals surface area contributed by atoms with E-state index in [1.807, 2.05) is 14.1 Å². The normalized spacial score (nSPS) is 10.5. The van der Waals surface area contributed by atoms with E-state index >= 15 is 0 Å². The summed E-state index contributed by atoms with van der Waals surface area (Å²) in [6, 6.07) is 23.2. The monoisotopic (exact) mass is 288 g/mol. The lowest BCUT2D eigenvalue weighted by atomic mass is 10.1. The lowest BCUT2D eigenvalue weighted by Crippen LogP contribution is -2.07. The fraction of sp³-hybridized carbons (Fsp3) is 0.150. The van der Waals surface area contributed by atoms with Crippen molar-refractivity contribution in [2.75, 3.05) is 19.0 Å². The highest BCUT2D eigenvalue weighted by Crippen LogP contribution is 2.24. The second-order valence-electron chi connectivity index (χ2n) is 5.72. The van der Waals surface area contributed by atoms with Crippen LogP contribution in [0.2, 0.25) is 0 Å². The third-order valence-electron chi connectivity index (χ3n) is 3.78. The van der Waals surface area contributed by atoms with Crippen LogP contribution in [-0.4, -0.2) is 19.1 Å². The highest BCUT2D eigenvalue weighted by atomic mass is 15.1. The molecule has 0 amide bonds. The maximum atomic E-state index is 4.80. The molecule has 1 heterocycles. The van der Waals surface area contributed by atoms with Crippen LogP contribution < -0.4 is 4.90 Å². The maximum absolute atomic E-state index is 4.80. The molecule has 0 radical (unpaired) electrons. The Morgan fingerprint density at radius 2 is 1.18 bits per heavy atom. The van der Waals surface area contributed by atoms with Crippen LogP contribution >= 0.6 is 0 Å². The Bertz CT molecular complexity index is 756. The zero-order chi connectivity index (χ0) is 15.5. The largest absolute Gasteiger partial charge is 0.378 e. The first-order chi connectivity index (χ1) is 10.6. The first kappa shape index (κ1) is 14.3. The minimum atomic E-state index is 1.00. The van der Waals surface area contributed by atoms with E-state index in [9.17, 15) is 0 Å². The van der Waals surface area contributed by atoms with E-state index in [1.165, 1.54) is 11.3 Å². The van der Waals surface area contributed by atoms with Gasteiger partial charge in [-0.15, -0.1) is 0 Å². The van der Waals surface area contributed by atoms with Gasteiger partial charge in [-0.2, -0.15) is 0 Å². The number of rotatable bonds is 3. The minimum absolute atomic E-state index is 1.00. The van der Waals surface area contributed by atoms with Gasteiger partial charge in [-0.3, -0.25) is 0 Å². The van der Waals surface area contributed by atoms with Gasteiger partial charge >= 0.3 is 0 Å². The Labute approximate surface area is 132 Å². The summed E-state index contributed by atoms with van der Waals surface area (Å²) in [5, 5.41) is 0. The van der Waals surface area contributed by atoms with Gasteiger partial charge in [-0.25, -0.2) is 4.98 Å². The lowest BCUT2D eigenvalue weighted by molar-refractivity contribution is 1.13. The molecular weight excluding hydrogens is 268 g/mol. The average Bonchev–Trinajstić information content (AvgIpc) is 2.56. The number of hydrogen-bond donors (Lipinski definition) is 0. The fourth-order valence-electron chi connectivity index (χ4n) is 2.41. The number of pyridine rings is 1. The van der Waals surface area contributed by atoms with Crippen molar-refractivity contribution in [3.05, 3.63) is 72.3 Å². The number of aryl methyl sites for hydroxylation is 1. The van der Waals surface area contributed by atoms with E-state index < -0.39 is 0 Å². The molecule has 2 aromatic carbocycles. The highest BCUT2D eigenvalue weighted by Gasteiger charge is 2.04. The van der Waals surface area contributed by atoms with Gasteiger partial charge in [0.1, 0.15) is 0 Å². The van der Waals surface area contributed by atoms with Crippen molar-refractivity contribution >= 4 is 5.69 Å². The van der Waals surface area contributed by atoms with Crippen LogP contribution in [0.25, 0.3) is 22.5 Å². The zero-order valence-electron chi connectivity index (χ0n) is 13.2. The summed E-state index contributed by atoms with van der Waals surface area (Å²) in [5.41, 5.74) is 6.76. The molecule has 2 heteroatoms. The van der Waals surface area contributed by atoms with Crippen molar-refractivity contribution in [3.63, 3.8) is 0 Å². The molecule has 0 spiro atoms. The summed E-state index contributed by atoms with van der Waals surface area (Å²) >= 11 is 0. The van der Waals surface area contributed by atoms with Crippen molar-refractivity contribution in [1.82, 2.24) is 4.98 Å². The van der Waals surface area contributed by atoms with Gasteiger partial charge in [-0.05, 0) is 31.2 Å². The lowest BCUT2D eigenvalue weighted by Gasteiger charge is -2.12. The van der Waals surface area contributed by atoms with Gasteiger partial charge in [0.25, 0.3) is 0 Å². The van der Waals surface area contributed by atoms with Gasteiger partial charge in [0.2, 0.25) is 0 Å². The Hall–Kier alpha value is -2.61. The van der Waals surface area contributed by atoms with Crippen LogP contribution in [0.1, 0.15) is 5.56 Å². The fourth-order valence-corrected chi connectivity index (χ4v) is 2.41. The molecule has 3 rings (SSSR count). The second kappa shape index (κ2) is 6.02. The summed E-state index contributed by atoms with van der Waals surface area (Å²) in [6.45, 7) is 2.10. The van der Waals surface area contributed by atoms with Crippen molar-refractivity contribution in [2.24, 2.45) is 0 Å². The van der Waals surface area contributed by atoms with Crippen LogP contribution in [0.5, 0.6) is 0 Å². The standard InChI is InChI=1S/C20H20N2/c1-15-7-9-16(10-8-15)19-5-4-6-20(21-19)17-11-13-18(14-12-17)22(2)3/h4-14H,1-3H3. The van der Waals surface area contributed by atoms with Gasteiger partial charge < -0.3 is 4.90 Å². The van der Waals surface area contributed by atoms with E-state index in [0.29, 0.717) is 0 Å². The first-order valence-electron chi connectivity index (χ1n) is 7.45. The molecule has 3 aromatic rings. The van der Waals surface area contributed by atoms with E-state index in [2.05, 4.69) is 78.6 Å². The number of anilines is 1. The Morgan fingerprint density at radius 3 is 1.68 bits per heavy atom. The van der Waals surface area contributed by atoms with Crippen LogP contribution in [0.4, 0.5) is 5.69 Å².